The number of methoxy groups -OCH3 is 1. The second kappa shape index (κ2) is 6.51. The smallest absolute Gasteiger partial charge is 0.389 e. The maximum Gasteiger partial charge on any atom is 0.389 e. The van der Waals surface area contributed by atoms with Crippen LogP contribution in [0.4, 0.5) is 11.5 Å². The summed E-state index contributed by atoms with van der Waals surface area (Å²) in [6, 6.07) is 8.29. The van der Waals surface area contributed by atoms with E-state index in [1.165, 1.54) is 16.9 Å². The van der Waals surface area contributed by atoms with Crippen LogP contribution in [0, 0.1) is 10.1 Å². The molecule has 110 valence electrons. The van der Waals surface area contributed by atoms with Crippen LogP contribution in [-0.4, -0.2) is 27.7 Å². The van der Waals surface area contributed by atoms with E-state index >= 15 is 0 Å². The molecule has 2 aromatic rings. The zero-order chi connectivity index (χ0) is 15.2. The number of carbonyl (C=O) groups excluding carboxylic acids is 1. The van der Waals surface area contributed by atoms with Crippen LogP contribution in [0.5, 0.6) is 5.75 Å². The Morgan fingerprint density at radius 2 is 2.29 bits per heavy atom. The highest BCUT2D eigenvalue weighted by Gasteiger charge is 2.11. The van der Waals surface area contributed by atoms with E-state index in [0.717, 1.165) is 0 Å². The third-order valence-electron chi connectivity index (χ3n) is 2.74. The number of rotatable bonds is 6. The van der Waals surface area contributed by atoms with Crippen molar-refractivity contribution >= 4 is 17.4 Å². The number of carbonyl (C=O) groups is 1. The molecular formula is C13H14N4O4. The van der Waals surface area contributed by atoms with Gasteiger partial charge < -0.3 is 20.2 Å². The highest BCUT2D eigenvalue weighted by atomic mass is 16.6. The Bertz CT molecular complexity index is 653. The molecule has 8 heteroatoms. The van der Waals surface area contributed by atoms with Crippen LogP contribution in [0.25, 0.3) is 0 Å². The quantitative estimate of drug-likeness (QED) is 0.646. The lowest BCUT2D eigenvalue weighted by atomic mass is 10.3. The minimum absolute atomic E-state index is 0.163. The number of hydrogen-bond donors (Lipinski definition) is 1. The fraction of sp³-hybridized carbons (Fsp3) is 0.231. The average molecular weight is 290 g/mol. The van der Waals surface area contributed by atoms with Gasteiger partial charge in [-0.05, 0) is 17.1 Å². The SMILES string of the molecule is COc1cccc(NC(=O)CCn2ccc([N+](=O)[O-])n2)c1. The molecule has 1 aromatic heterocycles. The van der Waals surface area contributed by atoms with E-state index in [2.05, 4.69) is 10.4 Å². The fourth-order valence-electron chi connectivity index (χ4n) is 1.71. The molecule has 1 N–H and O–H groups in total. The van der Waals surface area contributed by atoms with E-state index in [9.17, 15) is 14.9 Å². The number of nitro groups is 1. The first kappa shape index (κ1) is 14.5. The van der Waals surface area contributed by atoms with Gasteiger partial charge in [0.1, 0.15) is 5.75 Å². The number of benzene rings is 1. The van der Waals surface area contributed by atoms with Gasteiger partial charge in [-0.2, -0.15) is 4.68 Å². The van der Waals surface area contributed by atoms with Crippen LogP contribution in [0.1, 0.15) is 6.42 Å². The van der Waals surface area contributed by atoms with Crippen molar-refractivity contribution in [3.8, 4) is 5.75 Å². The van der Waals surface area contributed by atoms with E-state index in [4.69, 9.17) is 4.74 Å². The molecule has 0 aliphatic rings. The summed E-state index contributed by atoms with van der Waals surface area (Å²) in [5.74, 6) is 0.208. The highest BCUT2D eigenvalue weighted by molar-refractivity contribution is 5.90. The van der Waals surface area contributed by atoms with Crippen LogP contribution in [-0.2, 0) is 11.3 Å². The summed E-state index contributed by atoms with van der Waals surface area (Å²) in [6.45, 7) is 0.268. The molecule has 0 bridgehead atoms. The van der Waals surface area contributed by atoms with Crippen molar-refractivity contribution in [3.63, 3.8) is 0 Å². The van der Waals surface area contributed by atoms with Crippen LogP contribution in [0.2, 0.25) is 0 Å². The van der Waals surface area contributed by atoms with Gasteiger partial charge in [0.2, 0.25) is 5.91 Å². The number of nitrogens with one attached hydrogen (secondary N) is 1. The van der Waals surface area contributed by atoms with Gasteiger partial charge in [0, 0.05) is 18.2 Å². The first-order valence-electron chi connectivity index (χ1n) is 6.20. The number of aryl methyl sites for hydroxylation is 1. The second-order valence-electron chi connectivity index (χ2n) is 4.22. The van der Waals surface area contributed by atoms with Gasteiger partial charge in [0.05, 0.1) is 31.0 Å². The number of anilines is 1. The Morgan fingerprint density at radius 1 is 1.48 bits per heavy atom. The number of amides is 1. The van der Waals surface area contributed by atoms with Crippen molar-refractivity contribution in [2.24, 2.45) is 0 Å². The number of nitrogens with zero attached hydrogens (tertiary/aromatic N) is 3. The molecule has 8 nitrogen and oxygen atoms in total. The molecule has 0 unspecified atom stereocenters. The molecule has 1 heterocycles. The third-order valence-corrected chi connectivity index (χ3v) is 2.74. The molecule has 0 radical (unpaired) electrons. The summed E-state index contributed by atoms with van der Waals surface area (Å²) in [5.41, 5.74) is 0.630. The van der Waals surface area contributed by atoms with Crippen molar-refractivity contribution in [1.29, 1.82) is 0 Å². The zero-order valence-corrected chi connectivity index (χ0v) is 11.4. The second-order valence-corrected chi connectivity index (χ2v) is 4.22. The van der Waals surface area contributed by atoms with Crippen molar-refractivity contribution in [2.45, 2.75) is 13.0 Å². The summed E-state index contributed by atoms with van der Waals surface area (Å²) in [6.07, 6.45) is 1.63. The van der Waals surface area contributed by atoms with E-state index in [0.29, 0.717) is 11.4 Å². The van der Waals surface area contributed by atoms with Gasteiger partial charge in [0.15, 0.2) is 0 Å². The molecule has 21 heavy (non-hydrogen) atoms. The lowest BCUT2D eigenvalue weighted by Gasteiger charge is -2.06. The number of hydrogen-bond acceptors (Lipinski definition) is 5. The Balaban J connectivity index is 1.87. The van der Waals surface area contributed by atoms with Crippen molar-refractivity contribution in [1.82, 2.24) is 9.78 Å². The maximum absolute atomic E-state index is 11.8. The molecule has 1 aromatic carbocycles. The van der Waals surface area contributed by atoms with Gasteiger partial charge in [-0.15, -0.1) is 0 Å². The van der Waals surface area contributed by atoms with Crippen molar-refractivity contribution < 1.29 is 14.5 Å². The molecule has 1 amide bonds. The maximum atomic E-state index is 11.8. The normalized spacial score (nSPS) is 10.1. The van der Waals surface area contributed by atoms with Gasteiger partial charge in [-0.25, -0.2) is 0 Å². The Morgan fingerprint density at radius 3 is 2.95 bits per heavy atom. The lowest BCUT2D eigenvalue weighted by Crippen LogP contribution is -2.14. The molecule has 0 aliphatic heterocycles. The number of aromatic nitrogens is 2. The Labute approximate surface area is 120 Å². The van der Waals surface area contributed by atoms with Gasteiger partial charge in [0.25, 0.3) is 0 Å². The molecule has 0 saturated heterocycles. The third kappa shape index (κ3) is 4.03. The largest absolute Gasteiger partial charge is 0.497 e. The predicted octanol–water partition coefficient (Wildman–Crippen LogP) is 1.83. The summed E-state index contributed by atoms with van der Waals surface area (Å²) in [5, 5.41) is 16.9. The van der Waals surface area contributed by atoms with E-state index in [1.54, 1.807) is 31.4 Å². The summed E-state index contributed by atoms with van der Waals surface area (Å²) in [7, 11) is 1.55. The van der Waals surface area contributed by atoms with E-state index < -0.39 is 4.92 Å². The molecule has 0 aliphatic carbocycles. The minimum atomic E-state index is -0.577. The van der Waals surface area contributed by atoms with E-state index in [-0.39, 0.29) is 24.7 Å². The van der Waals surface area contributed by atoms with Crippen molar-refractivity contribution in [2.75, 3.05) is 12.4 Å². The van der Waals surface area contributed by atoms with Gasteiger partial charge in [-0.3, -0.25) is 4.79 Å². The fourth-order valence-corrected chi connectivity index (χ4v) is 1.71. The summed E-state index contributed by atoms with van der Waals surface area (Å²) in [4.78, 5) is 21.7. The highest BCUT2D eigenvalue weighted by Crippen LogP contribution is 2.16. The summed E-state index contributed by atoms with van der Waals surface area (Å²) < 4.78 is 6.43. The predicted molar refractivity (Wildman–Crippen MR) is 75.1 cm³/mol. The van der Waals surface area contributed by atoms with Crippen LogP contribution in [0.3, 0.4) is 0 Å². The number of ether oxygens (including phenoxy) is 1. The minimum Gasteiger partial charge on any atom is -0.497 e. The first-order valence-corrected chi connectivity index (χ1v) is 6.20. The molecule has 0 spiro atoms. The van der Waals surface area contributed by atoms with E-state index in [1.807, 2.05) is 0 Å². The van der Waals surface area contributed by atoms with Crippen LogP contribution < -0.4 is 10.1 Å². The first-order chi connectivity index (χ1) is 10.1. The molecular weight excluding hydrogens is 276 g/mol. The van der Waals surface area contributed by atoms with Crippen LogP contribution >= 0.6 is 0 Å². The monoisotopic (exact) mass is 290 g/mol. The van der Waals surface area contributed by atoms with Gasteiger partial charge in [-0.1, -0.05) is 6.07 Å². The molecule has 2 rings (SSSR count). The topological polar surface area (TPSA) is 99.3 Å². The average Bonchev–Trinajstić information content (AvgIpc) is 2.94. The zero-order valence-electron chi connectivity index (χ0n) is 11.4. The standard InChI is InChI=1S/C13H14N4O4/c1-21-11-4-2-3-10(9-11)14-13(18)6-8-16-7-5-12(15-16)17(19)20/h2-5,7,9H,6,8H2,1H3,(H,14,18). The summed E-state index contributed by atoms with van der Waals surface area (Å²) >= 11 is 0. The van der Waals surface area contributed by atoms with Gasteiger partial charge >= 0.3 is 5.82 Å². The lowest BCUT2D eigenvalue weighted by molar-refractivity contribution is -0.389. The Hall–Kier alpha value is -2.90. The molecule has 0 saturated carbocycles. The Kier molecular flexibility index (Phi) is 4.50. The molecule has 0 atom stereocenters. The van der Waals surface area contributed by atoms with Crippen LogP contribution in [0.15, 0.2) is 36.5 Å². The molecule has 0 fully saturated rings. The van der Waals surface area contributed by atoms with Crippen molar-refractivity contribution in [3.05, 3.63) is 46.6 Å².